The van der Waals surface area contributed by atoms with Crippen LogP contribution in [-0.4, -0.2) is 0 Å². The third-order valence-electron chi connectivity index (χ3n) is 13.3. The molecule has 3 aliphatic carbocycles. The van der Waals surface area contributed by atoms with Crippen LogP contribution >= 0.6 is 0 Å². The fourth-order valence-electron chi connectivity index (χ4n) is 11.3. The maximum Gasteiger partial charge on any atom is 0.159 e. The van der Waals surface area contributed by atoms with Crippen LogP contribution in [0, 0.1) is 0 Å². The smallest absolute Gasteiger partial charge is 0.159 e. The second kappa shape index (κ2) is 11.6. The van der Waals surface area contributed by atoms with E-state index in [2.05, 4.69) is 211 Å². The summed E-state index contributed by atoms with van der Waals surface area (Å²) in [5.41, 5.74) is 19.6. The number of fused-ring (bicyclic) bond motifs is 19. The van der Waals surface area contributed by atoms with Gasteiger partial charge in [-0.15, -0.1) is 0 Å². The third kappa shape index (κ3) is 3.78. The zero-order valence-corrected chi connectivity index (χ0v) is 31.6. The van der Waals surface area contributed by atoms with Crippen molar-refractivity contribution in [3.63, 3.8) is 0 Å². The van der Waals surface area contributed by atoms with Gasteiger partial charge >= 0.3 is 0 Å². The average molecular weight is 738 g/mol. The van der Waals surface area contributed by atoms with Crippen LogP contribution in [-0.2, 0) is 10.8 Å². The highest BCUT2D eigenvalue weighted by Gasteiger charge is 2.59. The first kappa shape index (κ1) is 31.7. The van der Waals surface area contributed by atoms with Gasteiger partial charge in [0, 0.05) is 22.0 Å². The predicted octanol–water partition coefficient (Wildman–Crippen LogP) is 14.1. The number of rotatable bonds is 3. The summed E-state index contributed by atoms with van der Waals surface area (Å²) in [6, 6.07) is 78.6. The van der Waals surface area contributed by atoms with Gasteiger partial charge in [0.1, 0.15) is 5.58 Å². The molecule has 0 amide bonds. The first-order valence-electron chi connectivity index (χ1n) is 20.2. The van der Waals surface area contributed by atoms with Gasteiger partial charge in [-0.05, 0) is 91.5 Å². The molecule has 10 aromatic rings. The molecule has 0 fully saturated rings. The summed E-state index contributed by atoms with van der Waals surface area (Å²) < 4.78 is 6.77. The lowest BCUT2D eigenvalue weighted by Gasteiger charge is -2.48. The quantitative estimate of drug-likeness (QED) is 0.180. The van der Waals surface area contributed by atoms with Crippen molar-refractivity contribution in [2.24, 2.45) is 0 Å². The van der Waals surface area contributed by atoms with Crippen LogP contribution in [0.15, 0.2) is 217 Å². The maximum absolute atomic E-state index is 6.77. The lowest BCUT2D eigenvalue weighted by Crippen LogP contribution is -2.43. The van der Waals surface area contributed by atoms with E-state index in [1.807, 2.05) is 6.07 Å². The number of benzene rings is 9. The van der Waals surface area contributed by atoms with Crippen molar-refractivity contribution in [3.05, 3.63) is 257 Å². The molecule has 3 aliphatic rings. The lowest BCUT2D eigenvalue weighted by molar-refractivity contribution is 0.633. The number of anilines is 3. The zero-order chi connectivity index (χ0) is 38.0. The van der Waals surface area contributed by atoms with Crippen molar-refractivity contribution < 1.29 is 4.42 Å². The summed E-state index contributed by atoms with van der Waals surface area (Å²) in [4.78, 5) is 2.42. The summed E-state index contributed by atoms with van der Waals surface area (Å²) in [6.45, 7) is 0. The van der Waals surface area contributed by atoms with Gasteiger partial charge in [0.2, 0.25) is 0 Å². The Balaban J connectivity index is 1.16. The Hall–Kier alpha value is -7.42. The molecule has 0 N–H and O–H groups in total. The monoisotopic (exact) mass is 737 g/mol. The van der Waals surface area contributed by atoms with Crippen LogP contribution in [0.25, 0.3) is 44.2 Å². The first-order valence-corrected chi connectivity index (χ1v) is 20.2. The minimum atomic E-state index is -0.583. The minimum absolute atomic E-state index is 0.478. The minimum Gasteiger partial charge on any atom is -0.454 e. The normalized spacial score (nSPS) is 14.5. The van der Waals surface area contributed by atoms with Crippen molar-refractivity contribution in [2.45, 2.75) is 10.8 Å². The summed E-state index contributed by atoms with van der Waals surface area (Å²) in [6.07, 6.45) is 0. The summed E-state index contributed by atoms with van der Waals surface area (Å²) in [5, 5.41) is 2.23. The molecule has 270 valence electrons. The Morgan fingerprint density at radius 3 is 1.38 bits per heavy atom. The van der Waals surface area contributed by atoms with Crippen LogP contribution in [0.3, 0.4) is 0 Å². The summed E-state index contributed by atoms with van der Waals surface area (Å²) >= 11 is 0. The van der Waals surface area contributed by atoms with E-state index in [0.29, 0.717) is 0 Å². The molecular formula is C56H35NO. The van der Waals surface area contributed by atoms with Gasteiger partial charge in [-0.2, -0.15) is 0 Å². The molecule has 0 saturated heterocycles. The van der Waals surface area contributed by atoms with E-state index in [1.165, 1.54) is 66.8 Å². The van der Waals surface area contributed by atoms with Crippen molar-refractivity contribution in [2.75, 3.05) is 4.90 Å². The van der Waals surface area contributed by atoms with Crippen LogP contribution in [0.2, 0.25) is 0 Å². The van der Waals surface area contributed by atoms with Crippen molar-refractivity contribution >= 4 is 39.0 Å². The van der Waals surface area contributed by atoms with Crippen molar-refractivity contribution in [1.29, 1.82) is 0 Å². The summed E-state index contributed by atoms with van der Waals surface area (Å²) in [5.74, 6) is 0. The highest BCUT2D eigenvalue weighted by molar-refractivity contribution is 6.11. The van der Waals surface area contributed by atoms with E-state index < -0.39 is 10.8 Å². The molecule has 0 aliphatic heterocycles. The molecule has 9 aromatic carbocycles. The van der Waals surface area contributed by atoms with E-state index in [0.717, 1.165) is 39.0 Å². The standard InChI is InChI=1S/C56H35NO/c1-2-18-36(19-3-1)57(51-34-16-24-40-39-22-7-15-35-52(39)58-54(40)51)50-33-17-32-49-53(50)41-23-6-10-27-44(41)56(49)47-30-13-11-28-45(47)55(46-29-12-14-31-48(46)56)42-25-8-4-20-37(42)38-21-5-9-26-43(38)55/h1-35H. The molecule has 0 unspecified atom stereocenters. The molecule has 0 atom stereocenters. The van der Waals surface area contributed by atoms with Gasteiger partial charge in [0.15, 0.2) is 5.58 Å². The number of nitrogens with zero attached hydrogens (tertiary/aromatic N) is 1. The molecular weight excluding hydrogens is 703 g/mol. The molecule has 2 heteroatoms. The Morgan fingerprint density at radius 1 is 0.310 bits per heavy atom. The van der Waals surface area contributed by atoms with Crippen LogP contribution in [0.5, 0.6) is 0 Å². The van der Waals surface area contributed by atoms with Crippen LogP contribution in [0.1, 0.15) is 44.5 Å². The fraction of sp³-hybridized carbons (Fsp3) is 0.0357. The van der Waals surface area contributed by atoms with Gasteiger partial charge in [-0.1, -0.05) is 182 Å². The zero-order valence-electron chi connectivity index (χ0n) is 31.6. The summed E-state index contributed by atoms with van der Waals surface area (Å²) in [7, 11) is 0. The van der Waals surface area contributed by atoms with Crippen LogP contribution in [0.4, 0.5) is 17.1 Å². The highest BCUT2D eigenvalue weighted by atomic mass is 16.3. The van der Waals surface area contributed by atoms with E-state index >= 15 is 0 Å². The SMILES string of the molecule is c1ccc(N(c2cccc3c2-c2ccccc2C32c3ccccc3C3(c4ccccc4-c4ccccc43)c3ccccc32)c2cccc3c2oc2ccccc23)cc1. The van der Waals surface area contributed by atoms with Gasteiger partial charge < -0.3 is 9.32 Å². The molecule has 2 nitrogen and oxygen atoms in total. The molecule has 0 saturated carbocycles. The highest BCUT2D eigenvalue weighted by Crippen LogP contribution is 2.68. The lowest BCUT2D eigenvalue weighted by atomic mass is 9.52. The van der Waals surface area contributed by atoms with Gasteiger partial charge in [-0.25, -0.2) is 0 Å². The average Bonchev–Trinajstić information content (AvgIpc) is 3.93. The largest absolute Gasteiger partial charge is 0.454 e. The molecule has 0 bridgehead atoms. The number of hydrogen-bond acceptors (Lipinski definition) is 2. The second-order valence-electron chi connectivity index (χ2n) is 15.9. The molecule has 2 spiro atoms. The number of hydrogen-bond donors (Lipinski definition) is 0. The van der Waals surface area contributed by atoms with Crippen molar-refractivity contribution in [1.82, 2.24) is 0 Å². The molecule has 58 heavy (non-hydrogen) atoms. The van der Waals surface area contributed by atoms with Crippen molar-refractivity contribution in [3.8, 4) is 22.3 Å². The molecule has 1 aromatic heterocycles. The van der Waals surface area contributed by atoms with E-state index in [4.69, 9.17) is 4.42 Å². The molecule has 1 heterocycles. The fourth-order valence-corrected chi connectivity index (χ4v) is 11.3. The van der Waals surface area contributed by atoms with E-state index in [1.54, 1.807) is 0 Å². The maximum atomic E-state index is 6.77. The van der Waals surface area contributed by atoms with Crippen LogP contribution < -0.4 is 4.90 Å². The third-order valence-corrected chi connectivity index (χ3v) is 13.3. The molecule has 0 radical (unpaired) electrons. The Labute approximate surface area is 336 Å². The Bertz CT molecular complexity index is 3220. The van der Waals surface area contributed by atoms with Gasteiger partial charge in [-0.3, -0.25) is 0 Å². The number of furan rings is 1. The predicted molar refractivity (Wildman–Crippen MR) is 237 cm³/mol. The Morgan fingerprint density at radius 2 is 0.741 bits per heavy atom. The Kier molecular flexibility index (Phi) is 6.33. The van der Waals surface area contributed by atoms with Gasteiger partial charge in [0.25, 0.3) is 0 Å². The van der Waals surface area contributed by atoms with E-state index in [9.17, 15) is 0 Å². The topological polar surface area (TPSA) is 16.4 Å². The van der Waals surface area contributed by atoms with Gasteiger partial charge in [0.05, 0.1) is 22.2 Å². The second-order valence-corrected chi connectivity index (χ2v) is 15.9. The number of para-hydroxylation sites is 3. The molecule has 13 rings (SSSR count). The first-order chi connectivity index (χ1) is 28.8. The van der Waals surface area contributed by atoms with E-state index in [-0.39, 0.29) is 0 Å².